The lowest BCUT2D eigenvalue weighted by Gasteiger charge is -2.41. The fourth-order valence-electron chi connectivity index (χ4n) is 1.79. The molecule has 3 heteroatoms. The standard InChI is InChI=1S/C11H12Cl2O/c12-6-5-11(7-14-8-11)9-1-3-10(13)4-2-9/h1-4H,5-8H2. The lowest BCUT2D eigenvalue weighted by molar-refractivity contribution is -0.0615. The van der Waals surface area contributed by atoms with Crippen LogP contribution in [0.1, 0.15) is 12.0 Å². The van der Waals surface area contributed by atoms with Crippen LogP contribution in [0, 0.1) is 0 Å². The average Bonchev–Trinajstić information content (AvgIpc) is 2.13. The average molecular weight is 231 g/mol. The highest BCUT2D eigenvalue weighted by Gasteiger charge is 2.39. The van der Waals surface area contributed by atoms with Gasteiger partial charge in [0.1, 0.15) is 0 Å². The number of hydrogen-bond donors (Lipinski definition) is 0. The van der Waals surface area contributed by atoms with Crippen molar-refractivity contribution in [3.05, 3.63) is 34.9 Å². The van der Waals surface area contributed by atoms with Crippen LogP contribution in [0.25, 0.3) is 0 Å². The molecule has 0 unspecified atom stereocenters. The minimum absolute atomic E-state index is 0.145. The zero-order valence-electron chi connectivity index (χ0n) is 7.80. The molecule has 1 aliphatic rings. The van der Waals surface area contributed by atoms with Gasteiger partial charge in [-0.05, 0) is 24.1 Å². The van der Waals surface area contributed by atoms with Crippen LogP contribution >= 0.6 is 23.2 Å². The Labute approximate surface area is 94.0 Å². The zero-order chi connectivity index (χ0) is 10.0. The second kappa shape index (κ2) is 4.09. The van der Waals surface area contributed by atoms with Crippen LogP contribution in [0.4, 0.5) is 0 Å². The molecule has 0 aliphatic carbocycles. The lowest BCUT2D eigenvalue weighted by atomic mass is 9.76. The highest BCUT2D eigenvalue weighted by Crippen LogP contribution is 2.36. The van der Waals surface area contributed by atoms with Gasteiger partial charge < -0.3 is 4.74 Å². The molecule has 0 N–H and O–H groups in total. The van der Waals surface area contributed by atoms with Crippen molar-refractivity contribution >= 4 is 23.2 Å². The van der Waals surface area contributed by atoms with Crippen molar-refractivity contribution in [2.75, 3.05) is 19.1 Å². The molecule has 1 fully saturated rings. The van der Waals surface area contributed by atoms with Gasteiger partial charge in [0, 0.05) is 16.3 Å². The summed E-state index contributed by atoms with van der Waals surface area (Å²) >= 11 is 11.6. The number of benzene rings is 1. The van der Waals surface area contributed by atoms with Gasteiger partial charge in [-0.25, -0.2) is 0 Å². The number of alkyl halides is 1. The lowest BCUT2D eigenvalue weighted by Crippen LogP contribution is -2.47. The van der Waals surface area contributed by atoms with Crippen molar-refractivity contribution in [2.24, 2.45) is 0 Å². The molecule has 0 saturated carbocycles. The van der Waals surface area contributed by atoms with Crippen molar-refractivity contribution < 1.29 is 4.74 Å². The van der Waals surface area contributed by atoms with E-state index in [1.807, 2.05) is 12.1 Å². The molecule has 14 heavy (non-hydrogen) atoms. The van der Waals surface area contributed by atoms with Crippen LogP contribution in [-0.2, 0) is 10.2 Å². The van der Waals surface area contributed by atoms with Gasteiger partial charge in [-0.15, -0.1) is 11.6 Å². The van der Waals surface area contributed by atoms with Crippen LogP contribution in [0.15, 0.2) is 24.3 Å². The topological polar surface area (TPSA) is 9.23 Å². The van der Waals surface area contributed by atoms with Crippen molar-refractivity contribution in [2.45, 2.75) is 11.8 Å². The van der Waals surface area contributed by atoms with E-state index in [2.05, 4.69) is 12.1 Å². The Balaban J connectivity index is 2.23. The predicted molar refractivity (Wildman–Crippen MR) is 59.3 cm³/mol. The minimum atomic E-state index is 0.145. The van der Waals surface area contributed by atoms with E-state index in [1.165, 1.54) is 5.56 Å². The summed E-state index contributed by atoms with van der Waals surface area (Å²) in [6, 6.07) is 7.98. The third-order valence-electron chi connectivity index (χ3n) is 2.79. The first-order chi connectivity index (χ1) is 6.77. The Morgan fingerprint density at radius 2 is 1.86 bits per heavy atom. The summed E-state index contributed by atoms with van der Waals surface area (Å²) in [4.78, 5) is 0. The van der Waals surface area contributed by atoms with Gasteiger partial charge in [0.25, 0.3) is 0 Å². The summed E-state index contributed by atoms with van der Waals surface area (Å²) in [5, 5.41) is 0.773. The normalized spacial score (nSPS) is 19.0. The summed E-state index contributed by atoms with van der Waals surface area (Å²) in [5.74, 6) is 0.673. The van der Waals surface area contributed by atoms with Gasteiger partial charge in [-0.1, -0.05) is 23.7 Å². The summed E-state index contributed by atoms with van der Waals surface area (Å²) in [5.41, 5.74) is 1.43. The van der Waals surface area contributed by atoms with E-state index >= 15 is 0 Å². The molecule has 0 atom stereocenters. The Kier molecular flexibility index (Phi) is 3.01. The Bertz CT molecular complexity index is 304. The molecule has 0 spiro atoms. The summed E-state index contributed by atoms with van der Waals surface area (Å²) in [6.45, 7) is 1.56. The van der Waals surface area contributed by atoms with E-state index in [1.54, 1.807) is 0 Å². The first-order valence-electron chi connectivity index (χ1n) is 4.67. The third kappa shape index (κ3) is 1.77. The molecule has 76 valence electrons. The molecule has 0 amide bonds. The summed E-state index contributed by atoms with van der Waals surface area (Å²) in [7, 11) is 0. The minimum Gasteiger partial charge on any atom is -0.379 e. The van der Waals surface area contributed by atoms with Crippen LogP contribution < -0.4 is 0 Å². The molecule has 0 aromatic heterocycles. The first kappa shape index (κ1) is 10.3. The molecule has 1 heterocycles. The maximum atomic E-state index is 5.84. The van der Waals surface area contributed by atoms with Crippen molar-refractivity contribution in [1.82, 2.24) is 0 Å². The number of ether oxygens (including phenoxy) is 1. The van der Waals surface area contributed by atoms with Gasteiger partial charge in [-0.3, -0.25) is 0 Å². The molecule has 0 bridgehead atoms. The maximum absolute atomic E-state index is 5.84. The van der Waals surface area contributed by atoms with Gasteiger partial charge in [-0.2, -0.15) is 0 Å². The van der Waals surface area contributed by atoms with E-state index in [0.717, 1.165) is 24.7 Å². The molecule has 2 rings (SSSR count). The third-order valence-corrected chi connectivity index (χ3v) is 3.23. The van der Waals surface area contributed by atoms with E-state index in [4.69, 9.17) is 27.9 Å². The molecule has 1 nitrogen and oxygen atoms in total. The maximum Gasteiger partial charge on any atom is 0.0586 e. The highest BCUT2D eigenvalue weighted by molar-refractivity contribution is 6.30. The van der Waals surface area contributed by atoms with Crippen LogP contribution in [0.5, 0.6) is 0 Å². The van der Waals surface area contributed by atoms with E-state index in [-0.39, 0.29) is 5.41 Å². The quantitative estimate of drug-likeness (QED) is 0.725. The van der Waals surface area contributed by atoms with Crippen molar-refractivity contribution in [3.63, 3.8) is 0 Å². The first-order valence-corrected chi connectivity index (χ1v) is 5.58. The van der Waals surface area contributed by atoms with Crippen LogP contribution in [0.3, 0.4) is 0 Å². The Morgan fingerprint density at radius 3 is 2.29 bits per heavy atom. The smallest absolute Gasteiger partial charge is 0.0586 e. The largest absolute Gasteiger partial charge is 0.379 e. The van der Waals surface area contributed by atoms with Gasteiger partial charge in [0.15, 0.2) is 0 Å². The monoisotopic (exact) mass is 230 g/mol. The fraction of sp³-hybridized carbons (Fsp3) is 0.455. The molecule has 1 saturated heterocycles. The highest BCUT2D eigenvalue weighted by atomic mass is 35.5. The fourth-order valence-corrected chi connectivity index (χ4v) is 2.28. The Hall–Kier alpha value is -0.240. The zero-order valence-corrected chi connectivity index (χ0v) is 9.31. The van der Waals surface area contributed by atoms with E-state index in [0.29, 0.717) is 5.88 Å². The number of rotatable bonds is 3. The molecule has 1 aromatic carbocycles. The van der Waals surface area contributed by atoms with Crippen LogP contribution in [0.2, 0.25) is 5.02 Å². The van der Waals surface area contributed by atoms with Gasteiger partial charge >= 0.3 is 0 Å². The number of hydrogen-bond acceptors (Lipinski definition) is 1. The van der Waals surface area contributed by atoms with E-state index in [9.17, 15) is 0 Å². The number of halogens is 2. The molecule has 1 aliphatic heterocycles. The molecular formula is C11H12Cl2O. The molecule has 0 radical (unpaired) electrons. The molecular weight excluding hydrogens is 219 g/mol. The predicted octanol–water partition coefficient (Wildman–Crippen LogP) is 3.24. The van der Waals surface area contributed by atoms with Crippen LogP contribution in [-0.4, -0.2) is 19.1 Å². The van der Waals surface area contributed by atoms with Gasteiger partial charge in [0.05, 0.1) is 13.2 Å². The second-order valence-electron chi connectivity index (χ2n) is 3.72. The SMILES string of the molecule is ClCCC1(c2ccc(Cl)cc2)COC1. The molecule has 1 aromatic rings. The Morgan fingerprint density at radius 1 is 1.21 bits per heavy atom. The summed E-state index contributed by atoms with van der Waals surface area (Å²) < 4.78 is 5.28. The van der Waals surface area contributed by atoms with Crippen molar-refractivity contribution in [1.29, 1.82) is 0 Å². The second-order valence-corrected chi connectivity index (χ2v) is 4.53. The van der Waals surface area contributed by atoms with Gasteiger partial charge in [0.2, 0.25) is 0 Å². The summed E-state index contributed by atoms with van der Waals surface area (Å²) in [6.07, 6.45) is 0.968. The van der Waals surface area contributed by atoms with E-state index < -0.39 is 0 Å². The van der Waals surface area contributed by atoms with Crippen molar-refractivity contribution in [3.8, 4) is 0 Å².